The molecule has 1 aromatic rings. The Morgan fingerprint density at radius 2 is 1.81 bits per heavy atom. The second kappa shape index (κ2) is 10.4. The van der Waals surface area contributed by atoms with Crippen molar-refractivity contribution < 1.29 is 17.9 Å². The van der Waals surface area contributed by atoms with E-state index in [4.69, 9.17) is 9.47 Å². The summed E-state index contributed by atoms with van der Waals surface area (Å²) < 4.78 is 32.7. The topological polar surface area (TPSA) is 83.5 Å². The Hall–Kier alpha value is -2.00. The molecule has 0 bridgehead atoms. The minimum absolute atomic E-state index is 0.0506. The molecule has 2 rings (SSSR count). The van der Waals surface area contributed by atoms with Crippen molar-refractivity contribution in [2.24, 2.45) is 4.99 Å². The second-order valence-electron chi connectivity index (χ2n) is 6.39. The van der Waals surface area contributed by atoms with Gasteiger partial charge in [-0.2, -0.15) is 0 Å². The summed E-state index contributed by atoms with van der Waals surface area (Å²) in [5.41, 5.74) is 1.19. The van der Waals surface area contributed by atoms with E-state index in [0.29, 0.717) is 13.2 Å². The second-order valence-corrected chi connectivity index (χ2v) is 8.65. The Labute approximate surface area is 162 Å². The Kier molecular flexibility index (Phi) is 8.18. The van der Waals surface area contributed by atoms with Crippen LogP contribution in [-0.2, 0) is 14.6 Å². The summed E-state index contributed by atoms with van der Waals surface area (Å²) in [4.78, 5) is 8.90. The number of rotatable bonds is 8. The number of methoxy groups -OCH3 is 1. The lowest BCUT2D eigenvalue weighted by atomic mass is 10.2. The van der Waals surface area contributed by atoms with Crippen LogP contribution in [0.5, 0.6) is 5.75 Å². The van der Waals surface area contributed by atoms with E-state index in [2.05, 4.69) is 32.2 Å². The predicted octanol–water partition coefficient (Wildman–Crippen LogP) is 0.454. The molecule has 1 aromatic carbocycles. The summed E-state index contributed by atoms with van der Waals surface area (Å²) in [5.74, 6) is 1.76. The third kappa shape index (κ3) is 7.26. The number of sulfone groups is 1. The first-order valence-corrected chi connectivity index (χ1v) is 11.1. The highest BCUT2D eigenvalue weighted by atomic mass is 32.2. The van der Waals surface area contributed by atoms with E-state index >= 15 is 0 Å². The van der Waals surface area contributed by atoms with Gasteiger partial charge >= 0.3 is 0 Å². The molecule has 1 saturated heterocycles. The lowest BCUT2D eigenvalue weighted by Gasteiger charge is -2.37. The lowest BCUT2D eigenvalue weighted by molar-refractivity contribution is 0.153. The van der Waals surface area contributed by atoms with Gasteiger partial charge < -0.3 is 24.6 Å². The van der Waals surface area contributed by atoms with Gasteiger partial charge in [0.05, 0.1) is 26.1 Å². The third-order valence-corrected chi connectivity index (χ3v) is 5.26. The number of guanidine groups is 1. The van der Waals surface area contributed by atoms with E-state index < -0.39 is 9.84 Å². The highest BCUT2D eigenvalue weighted by Crippen LogP contribution is 2.20. The van der Waals surface area contributed by atoms with Crippen LogP contribution in [0.1, 0.15) is 0 Å². The number of hydrogen-bond acceptors (Lipinski definition) is 6. The molecule has 152 valence electrons. The summed E-state index contributed by atoms with van der Waals surface area (Å²) >= 11 is 0. The third-order valence-electron chi connectivity index (χ3n) is 4.36. The van der Waals surface area contributed by atoms with E-state index in [9.17, 15) is 8.42 Å². The summed E-state index contributed by atoms with van der Waals surface area (Å²) in [6.45, 7) is 4.84. The Balaban J connectivity index is 1.71. The van der Waals surface area contributed by atoms with Crippen LogP contribution >= 0.6 is 0 Å². The Bertz CT molecular complexity index is 699. The van der Waals surface area contributed by atoms with Gasteiger partial charge in [0.25, 0.3) is 0 Å². The number of anilines is 1. The van der Waals surface area contributed by atoms with Crippen LogP contribution in [0.15, 0.2) is 29.3 Å². The maximum atomic E-state index is 11.1. The monoisotopic (exact) mass is 398 g/mol. The molecule has 0 amide bonds. The molecule has 0 unspecified atom stereocenters. The number of piperazine rings is 1. The summed E-state index contributed by atoms with van der Waals surface area (Å²) in [7, 11) is 0.466. The van der Waals surface area contributed by atoms with Crippen molar-refractivity contribution in [1.82, 2.24) is 10.2 Å². The van der Waals surface area contributed by atoms with Gasteiger partial charge in [0.2, 0.25) is 0 Å². The smallest absolute Gasteiger partial charge is 0.193 e. The minimum atomic E-state index is -2.97. The molecule has 0 atom stereocenters. The minimum Gasteiger partial charge on any atom is -0.497 e. The average molecular weight is 399 g/mol. The SMILES string of the molecule is CN=C(NCCOCCS(C)(=O)=O)N1CCN(c2ccc(OC)cc2)CC1. The molecule has 8 nitrogen and oxygen atoms in total. The highest BCUT2D eigenvalue weighted by Gasteiger charge is 2.19. The number of benzene rings is 1. The van der Waals surface area contributed by atoms with Crippen LogP contribution in [0.25, 0.3) is 0 Å². The number of nitrogens with zero attached hydrogens (tertiary/aromatic N) is 3. The zero-order chi connectivity index (χ0) is 19.7. The molecule has 1 N–H and O–H groups in total. The number of hydrogen-bond donors (Lipinski definition) is 1. The van der Waals surface area contributed by atoms with E-state index in [1.807, 2.05) is 12.1 Å². The van der Waals surface area contributed by atoms with Crippen molar-refractivity contribution in [1.29, 1.82) is 0 Å². The van der Waals surface area contributed by atoms with E-state index in [-0.39, 0.29) is 12.4 Å². The fourth-order valence-electron chi connectivity index (χ4n) is 2.85. The normalized spacial score (nSPS) is 15.7. The van der Waals surface area contributed by atoms with Gasteiger partial charge in [-0.3, -0.25) is 4.99 Å². The van der Waals surface area contributed by atoms with Crippen LogP contribution in [0.2, 0.25) is 0 Å². The lowest BCUT2D eigenvalue weighted by Crippen LogP contribution is -2.53. The summed E-state index contributed by atoms with van der Waals surface area (Å²) in [5, 5.41) is 3.27. The number of nitrogens with one attached hydrogen (secondary N) is 1. The fourth-order valence-corrected chi connectivity index (χ4v) is 3.27. The Morgan fingerprint density at radius 3 is 2.37 bits per heavy atom. The molecule has 1 fully saturated rings. The predicted molar refractivity (Wildman–Crippen MR) is 109 cm³/mol. The van der Waals surface area contributed by atoms with E-state index in [1.54, 1.807) is 14.2 Å². The molecule has 1 aliphatic heterocycles. The van der Waals surface area contributed by atoms with Crippen LogP contribution in [0, 0.1) is 0 Å². The van der Waals surface area contributed by atoms with Crippen molar-refractivity contribution in [2.75, 3.05) is 77.0 Å². The maximum absolute atomic E-state index is 11.1. The summed E-state index contributed by atoms with van der Waals surface area (Å²) in [6, 6.07) is 8.11. The van der Waals surface area contributed by atoms with Crippen molar-refractivity contribution in [3.8, 4) is 5.75 Å². The van der Waals surface area contributed by atoms with Crippen LogP contribution in [0.3, 0.4) is 0 Å². The molecule has 0 saturated carbocycles. The van der Waals surface area contributed by atoms with Gasteiger partial charge in [0.15, 0.2) is 5.96 Å². The number of ether oxygens (including phenoxy) is 2. The number of aliphatic imine (C=N–C) groups is 1. The van der Waals surface area contributed by atoms with Crippen LogP contribution in [-0.4, -0.2) is 91.4 Å². The zero-order valence-electron chi connectivity index (χ0n) is 16.3. The van der Waals surface area contributed by atoms with Crippen molar-refractivity contribution >= 4 is 21.5 Å². The van der Waals surface area contributed by atoms with Gasteiger partial charge in [0, 0.05) is 51.7 Å². The first kappa shape index (κ1) is 21.3. The molecule has 9 heteroatoms. The molecule has 27 heavy (non-hydrogen) atoms. The molecular formula is C18H30N4O4S. The van der Waals surface area contributed by atoms with Crippen molar-refractivity contribution in [3.05, 3.63) is 24.3 Å². The quantitative estimate of drug-likeness (QED) is 0.387. The van der Waals surface area contributed by atoms with Crippen LogP contribution in [0.4, 0.5) is 5.69 Å². The zero-order valence-corrected chi connectivity index (χ0v) is 17.2. The van der Waals surface area contributed by atoms with E-state index in [1.165, 1.54) is 11.9 Å². The molecule has 0 radical (unpaired) electrons. The van der Waals surface area contributed by atoms with Crippen molar-refractivity contribution in [3.63, 3.8) is 0 Å². The van der Waals surface area contributed by atoms with Crippen LogP contribution < -0.4 is 15.0 Å². The molecule has 0 aromatic heterocycles. The molecular weight excluding hydrogens is 368 g/mol. The highest BCUT2D eigenvalue weighted by molar-refractivity contribution is 7.90. The average Bonchev–Trinajstić information content (AvgIpc) is 2.67. The van der Waals surface area contributed by atoms with Gasteiger partial charge in [-0.15, -0.1) is 0 Å². The molecule has 0 aliphatic carbocycles. The molecule has 1 heterocycles. The standard InChI is InChI=1S/C18H30N4O4S/c1-19-18(20-8-13-26-14-15-27(3,23)24)22-11-9-21(10-12-22)16-4-6-17(25-2)7-5-16/h4-7H,8-15H2,1-3H3,(H,19,20). The molecule has 1 aliphatic rings. The van der Waals surface area contributed by atoms with Gasteiger partial charge in [0.1, 0.15) is 15.6 Å². The van der Waals surface area contributed by atoms with Gasteiger partial charge in [-0.1, -0.05) is 0 Å². The van der Waals surface area contributed by atoms with Crippen molar-refractivity contribution in [2.45, 2.75) is 0 Å². The molecule has 0 spiro atoms. The van der Waals surface area contributed by atoms with Gasteiger partial charge in [-0.25, -0.2) is 8.42 Å². The Morgan fingerprint density at radius 1 is 1.15 bits per heavy atom. The fraction of sp³-hybridized carbons (Fsp3) is 0.611. The van der Waals surface area contributed by atoms with Gasteiger partial charge in [-0.05, 0) is 24.3 Å². The van der Waals surface area contributed by atoms with E-state index in [0.717, 1.165) is 37.9 Å². The largest absolute Gasteiger partial charge is 0.497 e. The first-order valence-electron chi connectivity index (χ1n) is 9.03. The summed E-state index contributed by atoms with van der Waals surface area (Å²) in [6.07, 6.45) is 1.21. The first-order chi connectivity index (χ1) is 12.9. The maximum Gasteiger partial charge on any atom is 0.193 e.